The van der Waals surface area contributed by atoms with E-state index >= 15 is 0 Å². The van der Waals surface area contributed by atoms with Crippen LogP contribution in [0.25, 0.3) is 10.8 Å². The second-order valence-corrected chi connectivity index (χ2v) is 8.35. The monoisotopic (exact) mass is 439 g/mol. The number of hydrogen-bond donors (Lipinski definition) is 3. The highest BCUT2D eigenvalue weighted by atomic mass is 32.1. The van der Waals surface area contributed by atoms with E-state index in [-0.39, 0.29) is 11.6 Å². The second-order valence-electron chi connectivity index (χ2n) is 7.35. The van der Waals surface area contributed by atoms with Crippen LogP contribution in [0.5, 0.6) is 0 Å². The van der Waals surface area contributed by atoms with Gasteiger partial charge in [-0.2, -0.15) is 0 Å². The van der Waals surface area contributed by atoms with Crippen LogP contribution in [0.4, 0.5) is 15.8 Å². The van der Waals surface area contributed by atoms with Crippen LogP contribution in [0.15, 0.2) is 42.5 Å². The lowest BCUT2D eigenvalue weighted by atomic mass is 10.1. The Morgan fingerprint density at radius 3 is 2.68 bits per heavy atom. The fraction of sp³-hybridized carbons (Fsp3) is 0.318. The Hall–Kier alpha value is -3.01. The van der Waals surface area contributed by atoms with Gasteiger partial charge in [0.1, 0.15) is 5.00 Å². The zero-order valence-electron chi connectivity index (χ0n) is 17.1. The topological polar surface area (TPSA) is 110 Å². The minimum atomic E-state index is -0.675. The number of rotatable bonds is 8. The molecule has 2 amide bonds. The van der Waals surface area contributed by atoms with Gasteiger partial charge in [0.05, 0.1) is 13.2 Å². The number of anilines is 3. The highest BCUT2D eigenvalue weighted by molar-refractivity contribution is 7.20. The van der Waals surface area contributed by atoms with Crippen molar-refractivity contribution < 1.29 is 14.3 Å². The van der Waals surface area contributed by atoms with Gasteiger partial charge in [0.25, 0.3) is 5.91 Å². The Kier molecular flexibility index (Phi) is 6.76. The van der Waals surface area contributed by atoms with Crippen LogP contribution >= 0.6 is 11.3 Å². The highest BCUT2D eigenvalue weighted by Gasteiger charge is 2.18. The molecular formula is C22H25N5O3S. The van der Waals surface area contributed by atoms with Gasteiger partial charge in [-0.1, -0.05) is 41.7 Å². The first-order chi connectivity index (χ1) is 15.1. The van der Waals surface area contributed by atoms with Gasteiger partial charge >= 0.3 is 0 Å². The van der Waals surface area contributed by atoms with E-state index in [0.717, 1.165) is 55.7 Å². The summed E-state index contributed by atoms with van der Waals surface area (Å²) in [6, 6.07) is 14.0. The highest BCUT2D eigenvalue weighted by Crippen LogP contribution is 2.31. The number of thiazole rings is 1. The molecule has 2 heterocycles. The van der Waals surface area contributed by atoms with E-state index < -0.39 is 5.91 Å². The first-order valence-electron chi connectivity index (χ1n) is 10.2. The molecule has 162 valence electrons. The van der Waals surface area contributed by atoms with Crippen molar-refractivity contribution in [3.63, 3.8) is 0 Å². The molecule has 0 bridgehead atoms. The molecule has 8 nitrogen and oxygen atoms in total. The van der Waals surface area contributed by atoms with Crippen LogP contribution in [0.2, 0.25) is 0 Å². The van der Waals surface area contributed by atoms with Crippen molar-refractivity contribution >= 4 is 49.7 Å². The number of nitrogens with zero attached hydrogens (tertiary/aromatic N) is 2. The number of hydrogen-bond acceptors (Lipinski definition) is 7. The maximum absolute atomic E-state index is 12.4. The largest absolute Gasteiger partial charge is 0.379 e. The van der Waals surface area contributed by atoms with Crippen molar-refractivity contribution in [1.82, 2.24) is 9.88 Å². The molecule has 3 aromatic rings. The minimum absolute atomic E-state index is 0.0646. The summed E-state index contributed by atoms with van der Waals surface area (Å²) in [5.74, 6) is -0.830. The molecule has 0 atom stereocenters. The predicted octanol–water partition coefficient (Wildman–Crippen LogP) is 3.19. The number of fused-ring (bicyclic) bond motifs is 1. The molecule has 9 heteroatoms. The Morgan fingerprint density at radius 2 is 1.90 bits per heavy atom. The van der Waals surface area contributed by atoms with E-state index in [1.165, 1.54) is 11.3 Å². The summed E-state index contributed by atoms with van der Waals surface area (Å²) < 4.78 is 5.33. The molecule has 0 unspecified atom stereocenters. The Morgan fingerprint density at radius 1 is 1.13 bits per heavy atom. The predicted molar refractivity (Wildman–Crippen MR) is 123 cm³/mol. The van der Waals surface area contributed by atoms with Gasteiger partial charge in [-0.05, 0) is 35.9 Å². The zero-order chi connectivity index (χ0) is 21.6. The molecule has 0 radical (unpaired) electrons. The van der Waals surface area contributed by atoms with Crippen LogP contribution < -0.4 is 16.4 Å². The lowest BCUT2D eigenvalue weighted by Crippen LogP contribution is -2.37. The number of ether oxygens (including phenoxy) is 1. The summed E-state index contributed by atoms with van der Waals surface area (Å²) >= 11 is 1.20. The summed E-state index contributed by atoms with van der Waals surface area (Å²) in [7, 11) is 0. The normalized spacial score (nSPS) is 14.5. The molecule has 1 fully saturated rings. The van der Waals surface area contributed by atoms with Gasteiger partial charge in [-0.15, -0.1) is 0 Å². The first kappa shape index (κ1) is 21.2. The molecular weight excluding hydrogens is 414 g/mol. The third kappa shape index (κ3) is 5.57. The number of amides is 2. The van der Waals surface area contributed by atoms with Crippen molar-refractivity contribution in [1.29, 1.82) is 0 Å². The van der Waals surface area contributed by atoms with E-state index in [1.807, 2.05) is 42.5 Å². The third-order valence-electron chi connectivity index (χ3n) is 5.10. The maximum atomic E-state index is 12.4. The minimum Gasteiger partial charge on any atom is -0.379 e. The molecule has 0 saturated carbocycles. The van der Waals surface area contributed by atoms with Gasteiger partial charge in [-0.25, -0.2) is 4.98 Å². The molecule has 31 heavy (non-hydrogen) atoms. The van der Waals surface area contributed by atoms with E-state index in [4.69, 9.17) is 10.5 Å². The van der Waals surface area contributed by atoms with Crippen LogP contribution in [-0.2, 0) is 9.53 Å². The van der Waals surface area contributed by atoms with E-state index in [2.05, 4.69) is 20.5 Å². The number of carbonyl (C=O) groups excluding carboxylic acids is 2. The Labute approximate surface area is 184 Å². The summed E-state index contributed by atoms with van der Waals surface area (Å²) in [5.41, 5.74) is 6.38. The summed E-state index contributed by atoms with van der Waals surface area (Å²) in [5, 5.41) is 9.09. The fourth-order valence-corrected chi connectivity index (χ4v) is 4.40. The molecule has 1 aliphatic heterocycles. The number of nitrogens with two attached hydrogens (primary N) is 1. The van der Waals surface area contributed by atoms with Gasteiger partial charge in [0.15, 0.2) is 10.8 Å². The van der Waals surface area contributed by atoms with Gasteiger partial charge in [0.2, 0.25) is 5.91 Å². The van der Waals surface area contributed by atoms with E-state index in [1.54, 1.807) is 0 Å². The number of morpholine rings is 1. The molecule has 4 N–H and O–H groups in total. The second kappa shape index (κ2) is 9.86. The van der Waals surface area contributed by atoms with Crippen LogP contribution in [0, 0.1) is 0 Å². The molecule has 4 rings (SSSR count). The standard InChI is InChI=1S/C22H25N5O3S/c23-20(29)19-21(25-18(28)6-3-9-27-10-12-30-13-11-27)31-22(26-19)24-17-8-7-15-4-1-2-5-16(15)14-17/h1-2,4-5,7-8,14H,3,6,9-13H2,(H2,23,29)(H,24,26)(H,25,28). The quantitative estimate of drug-likeness (QED) is 0.497. The van der Waals surface area contributed by atoms with Crippen molar-refractivity contribution in [3.05, 3.63) is 48.2 Å². The molecule has 0 spiro atoms. The molecule has 2 aromatic carbocycles. The van der Waals surface area contributed by atoms with Gasteiger partial charge in [0, 0.05) is 25.2 Å². The zero-order valence-corrected chi connectivity index (χ0v) is 17.9. The lowest BCUT2D eigenvalue weighted by molar-refractivity contribution is -0.116. The first-order valence-corrected chi connectivity index (χ1v) is 11.1. The molecule has 1 aromatic heterocycles. The fourth-order valence-electron chi connectivity index (χ4n) is 3.49. The Bertz CT molecular complexity index is 1080. The third-order valence-corrected chi connectivity index (χ3v) is 5.98. The van der Waals surface area contributed by atoms with Crippen molar-refractivity contribution in [2.45, 2.75) is 12.8 Å². The molecule has 0 aliphatic carbocycles. The average molecular weight is 440 g/mol. The summed E-state index contributed by atoms with van der Waals surface area (Å²) in [6.45, 7) is 4.11. The molecule has 1 aliphatic rings. The van der Waals surface area contributed by atoms with Gasteiger partial charge < -0.3 is 21.1 Å². The van der Waals surface area contributed by atoms with Crippen molar-refractivity contribution in [2.24, 2.45) is 5.73 Å². The van der Waals surface area contributed by atoms with Crippen molar-refractivity contribution in [2.75, 3.05) is 43.5 Å². The lowest BCUT2D eigenvalue weighted by Gasteiger charge is -2.26. The van der Waals surface area contributed by atoms with Gasteiger partial charge in [-0.3, -0.25) is 14.5 Å². The number of nitrogens with one attached hydrogen (secondary N) is 2. The maximum Gasteiger partial charge on any atom is 0.270 e. The average Bonchev–Trinajstić information content (AvgIpc) is 3.16. The van der Waals surface area contributed by atoms with E-state index in [0.29, 0.717) is 16.6 Å². The molecule has 1 saturated heterocycles. The summed E-state index contributed by atoms with van der Waals surface area (Å²) in [6.07, 6.45) is 1.10. The van der Waals surface area contributed by atoms with Crippen molar-refractivity contribution in [3.8, 4) is 0 Å². The number of aromatic nitrogens is 1. The van der Waals surface area contributed by atoms with Crippen LogP contribution in [-0.4, -0.2) is 54.5 Å². The number of carbonyl (C=O) groups is 2. The van der Waals surface area contributed by atoms with Crippen LogP contribution in [0.3, 0.4) is 0 Å². The SMILES string of the molecule is NC(=O)c1nc(Nc2ccc3ccccc3c2)sc1NC(=O)CCCN1CCOCC1. The van der Waals surface area contributed by atoms with E-state index in [9.17, 15) is 9.59 Å². The van der Waals surface area contributed by atoms with Crippen LogP contribution in [0.1, 0.15) is 23.3 Å². The number of primary amides is 1. The smallest absolute Gasteiger partial charge is 0.270 e. The Balaban J connectivity index is 1.39. The summed E-state index contributed by atoms with van der Waals surface area (Å²) in [4.78, 5) is 30.8. The number of benzene rings is 2.